The number of benzene rings is 1. The van der Waals surface area contributed by atoms with E-state index in [2.05, 4.69) is 21.5 Å². The number of aryl methyl sites for hydroxylation is 2. The van der Waals surface area contributed by atoms with E-state index in [0.29, 0.717) is 12.3 Å². The molecular weight excluding hydrogens is 376 g/mol. The molecule has 8 heteroatoms. The molecule has 7 nitrogen and oxygen atoms in total. The van der Waals surface area contributed by atoms with E-state index in [9.17, 15) is 14.4 Å². The highest BCUT2D eigenvalue weighted by molar-refractivity contribution is 7.80. The van der Waals surface area contributed by atoms with E-state index < -0.39 is 0 Å². The van der Waals surface area contributed by atoms with Crippen molar-refractivity contribution in [1.29, 1.82) is 0 Å². The van der Waals surface area contributed by atoms with Gasteiger partial charge in [0.05, 0.1) is 0 Å². The standard InChI is InChI=1S/C20H28N4O3S/c1-13-7-8-14(2)16(11-13)21-17(25)9-10-18(26)23-24-20(28)22-19(27)12-15-5-3-4-6-15/h7-8,11,15H,3-6,9-10,12H2,1-2H3,(H,21,25)(H,23,26)(H2,22,24,27,28). The van der Waals surface area contributed by atoms with Gasteiger partial charge in [0, 0.05) is 24.9 Å². The van der Waals surface area contributed by atoms with Gasteiger partial charge in [0.2, 0.25) is 17.7 Å². The maximum absolute atomic E-state index is 12.0. The number of hydrogen-bond donors (Lipinski definition) is 4. The van der Waals surface area contributed by atoms with Crippen LogP contribution in [-0.4, -0.2) is 22.8 Å². The van der Waals surface area contributed by atoms with Gasteiger partial charge in [-0.15, -0.1) is 0 Å². The molecule has 0 spiro atoms. The summed E-state index contributed by atoms with van der Waals surface area (Å²) in [7, 11) is 0. The topological polar surface area (TPSA) is 99.3 Å². The molecule has 28 heavy (non-hydrogen) atoms. The molecule has 1 saturated carbocycles. The van der Waals surface area contributed by atoms with Crippen LogP contribution in [0.5, 0.6) is 0 Å². The minimum atomic E-state index is -0.386. The molecule has 0 atom stereocenters. The summed E-state index contributed by atoms with van der Waals surface area (Å²) in [5, 5.41) is 5.42. The van der Waals surface area contributed by atoms with Crippen molar-refractivity contribution in [2.75, 3.05) is 5.32 Å². The van der Waals surface area contributed by atoms with Crippen LogP contribution >= 0.6 is 12.2 Å². The fourth-order valence-electron chi connectivity index (χ4n) is 3.18. The molecule has 1 aromatic rings. The highest BCUT2D eigenvalue weighted by Crippen LogP contribution is 2.27. The van der Waals surface area contributed by atoms with Crippen molar-refractivity contribution in [2.45, 2.75) is 58.8 Å². The van der Waals surface area contributed by atoms with Crippen LogP contribution in [0.15, 0.2) is 18.2 Å². The monoisotopic (exact) mass is 404 g/mol. The minimum absolute atomic E-state index is 0.00231. The summed E-state index contributed by atoms with van der Waals surface area (Å²) >= 11 is 5.00. The van der Waals surface area contributed by atoms with E-state index in [0.717, 1.165) is 29.7 Å². The number of amides is 3. The van der Waals surface area contributed by atoms with Gasteiger partial charge in [-0.2, -0.15) is 0 Å². The third kappa shape index (κ3) is 7.64. The Morgan fingerprint density at radius 2 is 1.68 bits per heavy atom. The van der Waals surface area contributed by atoms with Crippen molar-refractivity contribution in [3.8, 4) is 0 Å². The Bertz CT molecular complexity index is 745. The lowest BCUT2D eigenvalue weighted by Gasteiger charge is -2.13. The Morgan fingerprint density at radius 3 is 2.39 bits per heavy atom. The molecule has 1 aromatic carbocycles. The smallest absolute Gasteiger partial charge is 0.238 e. The number of carbonyl (C=O) groups is 3. The molecule has 0 aliphatic heterocycles. The summed E-state index contributed by atoms with van der Waals surface area (Å²) in [6.45, 7) is 3.86. The van der Waals surface area contributed by atoms with Crippen LogP contribution in [0.1, 0.15) is 56.1 Å². The predicted molar refractivity (Wildman–Crippen MR) is 112 cm³/mol. The van der Waals surface area contributed by atoms with Crippen molar-refractivity contribution >= 4 is 40.7 Å². The summed E-state index contributed by atoms with van der Waals surface area (Å²) in [6, 6.07) is 5.80. The molecule has 4 N–H and O–H groups in total. The third-order valence-electron chi connectivity index (χ3n) is 4.76. The highest BCUT2D eigenvalue weighted by Gasteiger charge is 2.19. The van der Waals surface area contributed by atoms with E-state index in [4.69, 9.17) is 12.2 Å². The SMILES string of the molecule is Cc1ccc(C)c(NC(=O)CCC(=O)NNC(=S)NC(=O)CC2CCCC2)c1. The Hall–Kier alpha value is -2.48. The van der Waals surface area contributed by atoms with Crippen molar-refractivity contribution in [3.63, 3.8) is 0 Å². The number of nitrogens with one attached hydrogen (secondary N) is 4. The summed E-state index contributed by atoms with van der Waals surface area (Å²) < 4.78 is 0. The lowest BCUT2D eigenvalue weighted by molar-refractivity contribution is -0.124. The first-order valence-electron chi connectivity index (χ1n) is 9.59. The summed E-state index contributed by atoms with van der Waals surface area (Å²) in [5.41, 5.74) is 7.65. The Labute approximate surface area is 171 Å². The van der Waals surface area contributed by atoms with E-state index in [1.165, 1.54) is 12.8 Å². The zero-order chi connectivity index (χ0) is 20.5. The van der Waals surface area contributed by atoms with Gasteiger partial charge < -0.3 is 10.6 Å². The zero-order valence-corrected chi connectivity index (χ0v) is 17.2. The third-order valence-corrected chi connectivity index (χ3v) is 4.97. The number of hydrogen-bond acceptors (Lipinski definition) is 4. The molecule has 0 bridgehead atoms. The molecule has 0 heterocycles. The van der Waals surface area contributed by atoms with Gasteiger partial charge >= 0.3 is 0 Å². The molecule has 0 aromatic heterocycles. The van der Waals surface area contributed by atoms with Gasteiger partial charge in [-0.1, -0.05) is 25.0 Å². The average molecular weight is 405 g/mol. The molecular formula is C20H28N4O3S. The molecule has 0 radical (unpaired) electrons. The molecule has 0 unspecified atom stereocenters. The second-order valence-corrected chi connectivity index (χ2v) is 7.68. The predicted octanol–water partition coefficient (Wildman–Crippen LogP) is 2.62. The number of anilines is 1. The normalized spacial score (nSPS) is 13.6. The van der Waals surface area contributed by atoms with Gasteiger partial charge in [0.25, 0.3) is 0 Å². The van der Waals surface area contributed by atoms with Gasteiger partial charge in [-0.25, -0.2) is 0 Å². The molecule has 0 saturated heterocycles. The average Bonchev–Trinajstić information content (AvgIpc) is 3.14. The van der Waals surface area contributed by atoms with Crippen LogP contribution < -0.4 is 21.5 Å². The second kappa shape index (κ2) is 10.8. The van der Waals surface area contributed by atoms with Gasteiger partial charge in [0.1, 0.15) is 0 Å². The summed E-state index contributed by atoms with van der Waals surface area (Å²) in [5.74, 6) is -0.348. The van der Waals surface area contributed by atoms with Crippen molar-refractivity contribution in [3.05, 3.63) is 29.3 Å². The van der Waals surface area contributed by atoms with Gasteiger partial charge in [-0.3, -0.25) is 25.2 Å². The first kappa shape index (κ1) is 21.8. The van der Waals surface area contributed by atoms with Crippen LogP contribution in [-0.2, 0) is 14.4 Å². The Morgan fingerprint density at radius 1 is 1.00 bits per heavy atom. The molecule has 1 aliphatic carbocycles. The number of thiocarbonyl (C=S) groups is 1. The van der Waals surface area contributed by atoms with E-state index in [1.807, 2.05) is 32.0 Å². The molecule has 3 amide bonds. The lowest BCUT2D eigenvalue weighted by Crippen LogP contribution is -2.48. The minimum Gasteiger partial charge on any atom is -0.326 e. The fourth-order valence-corrected chi connectivity index (χ4v) is 3.35. The van der Waals surface area contributed by atoms with Crippen LogP contribution in [0.2, 0.25) is 0 Å². The first-order valence-corrected chi connectivity index (χ1v) is 10.00. The number of carbonyl (C=O) groups excluding carboxylic acids is 3. The molecule has 1 fully saturated rings. The number of hydrazine groups is 1. The van der Waals surface area contributed by atoms with Gasteiger partial charge in [0.15, 0.2) is 5.11 Å². The van der Waals surface area contributed by atoms with E-state index >= 15 is 0 Å². The number of rotatable bonds is 6. The Balaban J connectivity index is 1.63. The Kier molecular flexibility index (Phi) is 8.38. The van der Waals surface area contributed by atoms with Crippen LogP contribution in [0, 0.1) is 19.8 Å². The first-order chi connectivity index (χ1) is 13.3. The van der Waals surface area contributed by atoms with Gasteiger partial charge in [-0.05, 0) is 62.0 Å². The quantitative estimate of drug-likeness (QED) is 0.431. The zero-order valence-electron chi connectivity index (χ0n) is 16.4. The van der Waals surface area contributed by atoms with Crippen LogP contribution in [0.25, 0.3) is 0 Å². The molecule has 1 aliphatic rings. The van der Waals surface area contributed by atoms with E-state index in [1.54, 1.807) is 0 Å². The summed E-state index contributed by atoms with van der Waals surface area (Å²) in [4.78, 5) is 35.8. The summed E-state index contributed by atoms with van der Waals surface area (Å²) in [6.07, 6.45) is 5.00. The maximum atomic E-state index is 12.0. The largest absolute Gasteiger partial charge is 0.326 e. The lowest BCUT2D eigenvalue weighted by atomic mass is 10.0. The van der Waals surface area contributed by atoms with E-state index in [-0.39, 0.29) is 35.7 Å². The van der Waals surface area contributed by atoms with Crippen molar-refractivity contribution in [2.24, 2.45) is 5.92 Å². The highest BCUT2D eigenvalue weighted by atomic mass is 32.1. The van der Waals surface area contributed by atoms with Crippen molar-refractivity contribution in [1.82, 2.24) is 16.2 Å². The fraction of sp³-hybridized carbons (Fsp3) is 0.500. The van der Waals surface area contributed by atoms with Crippen LogP contribution in [0.4, 0.5) is 5.69 Å². The molecule has 2 rings (SSSR count). The van der Waals surface area contributed by atoms with Crippen molar-refractivity contribution < 1.29 is 14.4 Å². The maximum Gasteiger partial charge on any atom is 0.238 e. The second-order valence-electron chi connectivity index (χ2n) is 7.27. The van der Waals surface area contributed by atoms with Crippen LogP contribution in [0.3, 0.4) is 0 Å². The molecule has 152 valence electrons.